The molecule has 1 aromatic carbocycles. The van der Waals surface area contributed by atoms with Gasteiger partial charge in [-0.3, -0.25) is 10.1 Å². The van der Waals surface area contributed by atoms with E-state index in [1.54, 1.807) is 18.2 Å². The Balaban J connectivity index is 0.00000144. The number of ether oxygens (including phenoxy) is 2. The number of amides is 2. The molecule has 17 heavy (non-hydrogen) atoms. The molecule has 1 saturated heterocycles. The van der Waals surface area contributed by atoms with Crippen LogP contribution in [0.25, 0.3) is 0 Å². The van der Waals surface area contributed by atoms with Crippen molar-refractivity contribution >= 4 is 53.2 Å². The summed E-state index contributed by atoms with van der Waals surface area (Å²) in [5, 5.41) is 2.34. The van der Waals surface area contributed by atoms with E-state index in [0.29, 0.717) is 16.3 Å². The van der Waals surface area contributed by atoms with E-state index in [1.807, 2.05) is 5.32 Å². The van der Waals surface area contributed by atoms with Crippen LogP contribution in [-0.4, -0.2) is 48.7 Å². The third-order valence-corrected chi connectivity index (χ3v) is 2.51. The van der Waals surface area contributed by atoms with Crippen molar-refractivity contribution in [2.75, 3.05) is 7.11 Å². The molecule has 85 valence electrons. The Morgan fingerprint density at radius 2 is 2.12 bits per heavy atom. The summed E-state index contributed by atoms with van der Waals surface area (Å²) in [5.74, 6) is -0.140. The zero-order chi connectivity index (χ0) is 11.7. The number of carbonyl (C=O) groups is 2. The van der Waals surface area contributed by atoms with Gasteiger partial charge in [0.2, 0.25) is 6.10 Å². The van der Waals surface area contributed by atoms with Crippen molar-refractivity contribution in [3.8, 4) is 5.75 Å². The van der Waals surface area contributed by atoms with E-state index >= 15 is 0 Å². The van der Waals surface area contributed by atoms with E-state index in [9.17, 15) is 9.59 Å². The number of carbonyl (C=O) groups excluding carboxylic acids is 2. The van der Waals surface area contributed by atoms with Crippen molar-refractivity contribution in [3.05, 3.63) is 28.8 Å². The molecular weight excluding hydrogens is 257 g/mol. The summed E-state index contributed by atoms with van der Waals surface area (Å²) < 4.78 is 9.89. The van der Waals surface area contributed by atoms with Gasteiger partial charge in [0.15, 0.2) is 0 Å². The van der Waals surface area contributed by atoms with Crippen molar-refractivity contribution in [1.82, 2.24) is 5.32 Å². The zero-order valence-electron chi connectivity index (χ0n) is 9.32. The van der Waals surface area contributed by atoms with Crippen molar-refractivity contribution < 1.29 is 19.1 Å². The van der Waals surface area contributed by atoms with Crippen LogP contribution < -0.4 is 10.1 Å². The average molecular weight is 265 g/mol. The Hall–Kier alpha value is -0.750. The molecule has 0 saturated carbocycles. The summed E-state index contributed by atoms with van der Waals surface area (Å²) in [4.78, 5) is 22.3. The van der Waals surface area contributed by atoms with Crippen molar-refractivity contribution in [3.63, 3.8) is 0 Å². The Kier molecular flexibility index (Phi) is 4.82. The first kappa shape index (κ1) is 14.3. The fourth-order valence-corrected chi connectivity index (χ4v) is 1.76. The van der Waals surface area contributed by atoms with E-state index in [-0.39, 0.29) is 29.6 Å². The standard InChI is InChI=1S/C10H8ClNO4.Na/c1-15-6-4-2-3-5(11)7(6)8-9(13)12-10(14)16-8;/h2-4,8H,1H3,(H,12,13,14);. The summed E-state index contributed by atoms with van der Waals surface area (Å²) in [6.07, 6.45) is -1.83. The monoisotopic (exact) mass is 264 g/mol. The molecule has 5 nitrogen and oxygen atoms in total. The zero-order valence-corrected chi connectivity index (χ0v) is 12.1. The van der Waals surface area contributed by atoms with Gasteiger partial charge in [0.1, 0.15) is 5.75 Å². The number of hydrogen-bond acceptors (Lipinski definition) is 4. The van der Waals surface area contributed by atoms with Crippen LogP contribution in [0.5, 0.6) is 5.75 Å². The minimum atomic E-state index is -1.05. The van der Waals surface area contributed by atoms with Gasteiger partial charge in [0.25, 0.3) is 5.91 Å². The second kappa shape index (κ2) is 5.73. The predicted molar refractivity (Wildman–Crippen MR) is 61.1 cm³/mol. The molecule has 2 amide bonds. The summed E-state index contributed by atoms with van der Waals surface area (Å²) in [7, 11) is 1.45. The maximum Gasteiger partial charge on any atom is 0.415 e. The number of benzene rings is 1. The minimum Gasteiger partial charge on any atom is -0.496 e. The van der Waals surface area contributed by atoms with Gasteiger partial charge < -0.3 is 9.47 Å². The van der Waals surface area contributed by atoms with Crippen LogP contribution in [0, 0.1) is 0 Å². The van der Waals surface area contributed by atoms with Crippen LogP contribution in [0.4, 0.5) is 4.79 Å². The number of methoxy groups -OCH3 is 1. The second-order valence-electron chi connectivity index (χ2n) is 3.13. The van der Waals surface area contributed by atoms with Gasteiger partial charge >= 0.3 is 6.09 Å². The van der Waals surface area contributed by atoms with Crippen LogP contribution in [0.2, 0.25) is 5.02 Å². The van der Waals surface area contributed by atoms with E-state index in [1.165, 1.54) is 7.11 Å². The molecule has 7 heteroatoms. The first-order valence-electron chi connectivity index (χ1n) is 4.47. The molecule has 1 aromatic rings. The van der Waals surface area contributed by atoms with Gasteiger partial charge in [0.05, 0.1) is 17.7 Å². The molecule has 0 aromatic heterocycles. The van der Waals surface area contributed by atoms with Crippen molar-refractivity contribution in [2.45, 2.75) is 6.10 Å². The van der Waals surface area contributed by atoms with Crippen LogP contribution in [0.1, 0.15) is 11.7 Å². The van der Waals surface area contributed by atoms with Gasteiger partial charge in [-0.2, -0.15) is 0 Å². The van der Waals surface area contributed by atoms with Crippen molar-refractivity contribution in [1.29, 1.82) is 0 Å². The molecule has 0 bridgehead atoms. The Morgan fingerprint density at radius 1 is 1.41 bits per heavy atom. The van der Waals surface area contributed by atoms with Crippen LogP contribution in [0.3, 0.4) is 0 Å². The summed E-state index contributed by atoms with van der Waals surface area (Å²) in [5.41, 5.74) is 0.356. The van der Waals surface area contributed by atoms with Gasteiger partial charge in [-0.05, 0) is 12.1 Å². The molecule has 1 aliphatic rings. The number of nitrogens with one attached hydrogen (secondary N) is 1. The van der Waals surface area contributed by atoms with Crippen LogP contribution >= 0.6 is 11.6 Å². The fraction of sp³-hybridized carbons (Fsp3) is 0.200. The SMILES string of the molecule is COc1cccc(Cl)c1C1OC(=O)NC1=O.[Na]. The molecule has 2 rings (SSSR count). The largest absolute Gasteiger partial charge is 0.496 e. The maximum absolute atomic E-state index is 11.4. The first-order chi connectivity index (χ1) is 7.63. The summed E-state index contributed by atoms with van der Waals surface area (Å²) >= 11 is 5.95. The topological polar surface area (TPSA) is 64.6 Å². The van der Waals surface area contributed by atoms with E-state index in [0.717, 1.165) is 0 Å². The second-order valence-corrected chi connectivity index (χ2v) is 3.54. The average Bonchev–Trinajstić information content (AvgIpc) is 2.57. The summed E-state index contributed by atoms with van der Waals surface area (Å²) in [6, 6.07) is 4.92. The normalized spacial score (nSPS) is 18.1. The molecule has 1 atom stereocenters. The number of rotatable bonds is 2. The molecule has 1 fully saturated rings. The van der Waals surface area contributed by atoms with E-state index < -0.39 is 18.1 Å². The first-order valence-corrected chi connectivity index (χ1v) is 4.85. The fourth-order valence-electron chi connectivity index (χ4n) is 1.50. The van der Waals surface area contributed by atoms with E-state index in [2.05, 4.69) is 0 Å². The number of alkyl carbamates (subject to hydrolysis) is 1. The summed E-state index contributed by atoms with van der Waals surface area (Å²) in [6.45, 7) is 0. The maximum atomic E-state index is 11.4. The molecule has 0 aliphatic carbocycles. The quantitative estimate of drug-likeness (QED) is 0.817. The van der Waals surface area contributed by atoms with Crippen LogP contribution in [-0.2, 0) is 9.53 Å². The van der Waals surface area contributed by atoms with Gasteiger partial charge in [-0.1, -0.05) is 17.7 Å². The molecule has 1 radical (unpaired) electrons. The molecule has 1 N–H and O–H groups in total. The van der Waals surface area contributed by atoms with Crippen molar-refractivity contribution in [2.24, 2.45) is 0 Å². The Labute approximate surface area is 125 Å². The number of cyclic esters (lactones) is 1. The number of imide groups is 1. The molecule has 0 spiro atoms. The third-order valence-electron chi connectivity index (χ3n) is 2.18. The molecule has 1 heterocycles. The van der Waals surface area contributed by atoms with Gasteiger partial charge in [-0.25, -0.2) is 4.79 Å². The molecular formula is C10H8ClNNaO4. The van der Waals surface area contributed by atoms with Gasteiger partial charge in [0, 0.05) is 29.6 Å². The Bertz CT molecular complexity index is 466. The van der Waals surface area contributed by atoms with E-state index in [4.69, 9.17) is 21.1 Å². The van der Waals surface area contributed by atoms with Crippen LogP contribution in [0.15, 0.2) is 18.2 Å². The van der Waals surface area contributed by atoms with Gasteiger partial charge in [-0.15, -0.1) is 0 Å². The minimum absolute atomic E-state index is 0. The predicted octanol–water partition coefficient (Wildman–Crippen LogP) is 1.28. The molecule has 1 aliphatic heterocycles. The third kappa shape index (κ3) is 2.74. The number of halogens is 1. The smallest absolute Gasteiger partial charge is 0.415 e. The number of hydrogen-bond donors (Lipinski definition) is 1. The Morgan fingerprint density at radius 3 is 2.65 bits per heavy atom. The molecule has 1 unspecified atom stereocenters.